The highest BCUT2D eigenvalue weighted by Crippen LogP contribution is 2.29. The van der Waals surface area contributed by atoms with Gasteiger partial charge >= 0.3 is 0 Å². The van der Waals surface area contributed by atoms with Crippen LogP contribution in [0.4, 0.5) is 5.13 Å². The van der Waals surface area contributed by atoms with E-state index in [1.807, 2.05) is 6.07 Å². The van der Waals surface area contributed by atoms with Crippen LogP contribution in [0.5, 0.6) is 0 Å². The van der Waals surface area contributed by atoms with Gasteiger partial charge in [0.1, 0.15) is 0 Å². The first kappa shape index (κ1) is 13.4. The third-order valence-electron chi connectivity index (χ3n) is 3.03. The molecular formula is C14H17ClN2S. The fraction of sp³-hybridized carbons (Fsp3) is 0.357. The highest BCUT2D eigenvalue weighted by Gasteiger charge is 2.12. The molecule has 0 aliphatic carbocycles. The van der Waals surface area contributed by atoms with Crippen LogP contribution in [0, 0.1) is 13.8 Å². The molecule has 2 aromatic rings. The Balaban J connectivity index is 2.39. The van der Waals surface area contributed by atoms with Crippen LogP contribution in [0.25, 0.3) is 0 Å². The van der Waals surface area contributed by atoms with Crippen molar-refractivity contribution < 1.29 is 0 Å². The predicted molar refractivity (Wildman–Crippen MR) is 79.6 cm³/mol. The quantitative estimate of drug-likeness (QED) is 0.917. The normalized spacial score (nSPS) is 10.9. The molecule has 0 saturated heterocycles. The number of aromatic nitrogens is 1. The van der Waals surface area contributed by atoms with Crippen LogP contribution >= 0.6 is 22.9 Å². The molecule has 0 atom stereocenters. The highest BCUT2D eigenvalue weighted by molar-refractivity contribution is 7.15. The topological polar surface area (TPSA) is 38.9 Å². The maximum absolute atomic E-state index is 6.34. The second-order valence-electron chi connectivity index (χ2n) is 4.49. The molecule has 4 heteroatoms. The van der Waals surface area contributed by atoms with Gasteiger partial charge in [0.2, 0.25) is 0 Å². The van der Waals surface area contributed by atoms with Crippen molar-refractivity contribution in [3.8, 4) is 0 Å². The maximum Gasteiger partial charge on any atom is 0.180 e. The number of hydrogen-bond donors (Lipinski definition) is 1. The van der Waals surface area contributed by atoms with Crippen molar-refractivity contribution in [2.75, 3.05) is 5.73 Å². The third kappa shape index (κ3) is 2.68. The van der Waals surface area contributed by atoms with Crippen molar-refractivity contribution in [2.45, 2.75) is 33.6 Å². The molecule has 0 aliphatic rings. The van der Waals surface area contributed by atoms with Crippen molar-refractivity contribution in [1.29, 1.82) is 0 Å². The molecule has 0 radical (unpaired) electrons. The Kier molecular flexibility index (Phi) is 3.93. The van der Waals surface area contributed by atoms with E-state index in [1.54, 1.807) is 11.3 Å². The Morgan fingerprint density at radius 1 is 1.33 bits per heavy atom. The number of rotatable bonds is 3. The monoisotopic (exact) mass is 280 g/mol. The van der Waals surface area contributed by atoms with Crippen molar-refractivity contribution in [1.82, 2.24) is 4.98 Å². The average Bonchev–Trinajstić information content (AvgIpc) is 2.64. The minimum absolute atomic E-state index is 0.641. The molecule has 2 rings (SSSR count). The second-order valence-corrected chi connectivity index (χ2v) is 6.02. The summed E-state index contributed by atoms with van der Waals surface area (Å²) in [6.45, 7) is 6.26. The average molecular weight is 281 g/mol. The fourth-order valence-corrected chi connectivity index (χ4v) is 3.47. The lowest BCUT2D eigenvalue weighted by molar-refractivity contribution is 1.02. The molecule has 0 unspecified atom stereocenters. The summed E-state index contributed by atoms with van der Waals surface area (Å²) in [6, 6.07) is 4.18. The molecule has 2 N–H and O–H groups in total. The van der Waals surface area contributed by atoms with E-state index in [-0.39, 0.29) is 0 Å². The molecule has 0 spiro atoms. The first-order valence-corrected chi connectivity index (χ1v) is 7.20. The highest BCUT2D eigenvalue weighted by atomic mass is 35.5. The summed E-state index contributed by atoms with van der Waals surface area (Å²) in [7, 11) is 0. The molecule has 1 heterocycles. The minimum Gasteiger partial charge on any atom is -0.375 e. The van der Waals surface area contributed by atoms with Gasteiger partial charge in [-0.25, -0.2) is 4.98 Å². The van der Waals surface area contributed by atoms with Crippen LogP contribution in [-0.2, 0) is 12.8 Å². The number of nitrogens with zero attached hydrogens (tertiary/aromatic N) is 1. The van der Waals surface area contributed by atoms with Gasteiger partial charge in [-0.05, 0) is 43.0 Å². The zero-order chi connectivity index (χ0) is 13.3. The number of nitrogen functional groups attached to an aromatic ring is 1. The van der Waals surface area contributed by atoms with Crippen molar-refractivity contribution in [3.05, 3.63) is 44.4 Å². The molecule has 96 valence electrons. The Morgan fingerprint density at radius 3 is 2.67 bits per heavy atom. The van der Waals surface area contributed by atoms with E-state index in [0.717, 1.165) is 23.6 Å². The lowest BCUT2D eigenvalue weighted by atomic mass is 10.0. The lowest BCUT2D eigenvalue weighted by Gasteiger charge is -2.09. The fourth-order valence-electron chi connectivity index (χ4n) is 2.15. The number of benzene rings is 1. The molecule has 2 nitrogen and oxygen atoms in total. The minimum atomic E-state index is 0.641. The maximum atomic E-state index is 6.34. The molecule has 0 bridgehead atoms. The Hall–Kier alpha value is -1.06. The largest absolute Gasteiger partial charge is 0.375 e. The van der Waals surface area contributed by atoms with E-state index in [1.165, 1.54) is 21.6 Å². The Labute approximate surface area is 117 Å². The number of hydrogen-bond acceptors (Lipinski definition) is 3. The van der Waals surface area contributed by atoms with E-state index < -0.39 is 0 Å². The van der Waals surface area contributed by atoms with Crippen LogP contribution in [0.3, 0.4) is 0 Å². The zero-order valence-electron chi connectivity index (χ0n) is 10.9. The van der Waals surface area contributed by atoms with Gasteiger partial charge in [-0.1, -0.05) is 24.6 Å². The number of aryl methyl sites for hydroxylation is 3. The molecule has 1 aromatic carbocycles. The van der Waals surface area contributed by atoms with Crippen molar-refractivity contribution in [3.63, 3.8) is 0 Å². The van der Waals surface area contributed by atoms with Crippen molar-refractivity contribution in [2.24, 2.45) is 0 Å². The third-order valence-corrected chi connectivity index (χ3v) is 4.29. The molecule has 0 fully saturated rings. The van der Waals surface area contributed by atoms with Gasteiger partial charge < -0.3 is 5.73 Å². The number of anilines is 1. The molecule has 0 saturated carbocycles. The van der Waals surface area contributed by atoms with Gasteiger partial charge in [-0.15, -0.1) is 11.3 Å². The first-order chi connectivity index (χ1) is 8.51. The van der Waals surface area contributed by atoms with Gasteiger partial charge in [-0.3, -0.25) is 0 Å². The summed E-state index contributed by atoms with van der Waals surface area (Å²) >= 11 is 7.90. The first-order valence-electron chi connectivity index (χ1n) is 6.01. The number of nitrogens with two attached hydrogens (primary N) is 1. The van der Waals surface area contributed by atoms with Crippen molar-refractivity contribution >= 4 is 28.1 Å². The van der Waals surface area contributed by atoms with Crippen LogP contribution < -0.4 is 5.73 Å². The van der Waals surface area contributed by atoms with E-state index in [9.17, 15) is 0 Å². The van der Waals surface area contributed by atoms with Gasteiger partial charge in [0.05, 0.1) is 5.69 Å². The molecule has 1 aromatic heterocycles. The van der Waals surface area contributed by atoms with E-state index in [2.05, 4.69) is 31.8 Å². The summed E-state index contributed by atoms with van der Waals surface area (Å²) < 4.78 is 0. The molecule has 0 aliphatic heterocycles. The standard InChI is InChI=1S/C14H17ClN2S/c1-4-12-13(18-14(16)17-12)7-10-9(3)5-8(2)6-11(10)15/h5-6H,4,7H2,1-3H3,(H2,16,17). The van der Waals surface area contributed by atoms with E-state index >= 15 is 0 Å². The van der Waals surface area contributed by atoms with Crippen LogP contribution in [0.15, 0.2) is 12.1 Å². The van der Waals surface area contributed by atoms with Gasteiger partial charge in [0.15, 0.2) is 5.13 Å². The Morgan fingerprint density at radius 2 is 2.06 bits per heavy atom. The summed E-state index contributed by atoms with van der Waals surface area (Å²) in [5.74, 6) is 0. The van der Waals surface area contributed by atoms with Crippen LogP contribution in [-0.4, -0.2) is 4.98 Å². The Bertz CT molecular complexity index is 552. The molecule has 18 heavy (non-hydrogen) atoms. The predicted octanol–water partition coefficient (Wildman–Crippen LogP) is 4.15. The zero-order valence-corrected chi connectivity index (χ0v) is 12.5. The number of thiazole rings is 1. The molecule has 0 amide bonds. The lowest BCUT2D eigenvalue weighted by Crippen LogP contribution is -1.96. The molecular weight excluding hydrogens is 264 g/mol. The van der Waals surface area contributed by atoms with Crippen LogP contribution in [0.2, 0.25) is 5.02 Å². The summed E-state index contributed by atoms with van der Waals surface area (Å²) in [4.78, 5) is 5.58. The smallest absolute Gasteiger partial charge is 0.180 e. The second kappa shape index (κ2) is 5.29. The van der Waals surface area contributed by atoms with Gasteiger partial charge in [0, 0.05) is 16.3 Å². The van der Waals surface area contributed by atoms with Gasteiger partial charge in [0.25, 0.3) is 0 Å². The SMILES string of the molecule is CCc1nc(N)sc1Cc1c(C)cc(C)cc1Cl. The summed E-state index contributed by atoms with van der Waals surface area (Å²) in [6.07, 6.45) is 1.73. The van der Waals surface area contributed by atoms with Crippen LogP contribution in [0.1, 0.15) is 34.2 Å². The number of halogens is 1. The van der Waals surface area contributed by atoms with E-state index in [0.29, 0.717) is 5.13 Å². The summed E-state index contributed by atoms with van der Waals surface area (Å²) in [5.41, 5.74) is 10.5. The van der Waals surface area contributed by atoms with Gasteiger partial charge in [-0.2, -0.15) is 0 Å². The summed E-state index contributed by atoms with van der Waals surface area (Å²) in [5, 5.41) is 1.48. The van der Waals surface area contributed by atoms with E-state index in [4.69, 9.17) is 17.3 Å².